The maximum Gasteiger partial charge on any atom is 0.321 e. The molecule has 3 N–H and O–H groups in total. The molecule has 1 aromatic rings. The van der Waals surface area contributed by atoms with E-state index >= 15 is 0 Å². The Morgan fingerprint density at radius 2 is 1.76 bits per heavy atom. The van der Waals surface area contributed by atoms with Crippen molar-refractivity contribution in [1.29, 1.82) is 0 Å². The summed E-state index contributed by atoms with van der Waals surface area (Å²) in [4.78, 5) is 34.9. The second-order valence-electron chi connectivity index (χ2n) is 6.42. The molecule has 29 heavy (non-hydrogen) atoms. The number of benzene rings is 1. The predicted octanol–water partition coefficient (Wildman–Crippen LogP) is 1.97. The number of sulfonamides is 1. The van der Waals surface area contributed by atoms with Gasteiger partial charge in [0.15, 0.2) is 6.61 Å². The van der Waals surface area contributed by atoms with Crippen LogP contribution in [-0.2, 0) is 24.3 Å². The van der Waals surface area contributed by atoms with Crippen LogP contribution in [0.2, 0.25) is 10.0 Å². The molecular weight excluding hydrogens is 445 g/mol. The molecule has 1 aromatic carbocycles. The van der Waals surface area contributed by atoms with E-state index in [9.17, 15) is 22.8 Å². The summed E-state index contributed by atoms with van der Waals surface area (Å²) in [6.07, 6.45) is 4.89. The van der Waals surface area contributed by atoms with Gasteiger partial charge in [0, 0.05) is 6.04 Å². The van der Waals surface area contributed by atoms with E-state index in [0.717, 1.165) is 38.2 Å². The van der Waals surface area contributed by atoms with Gasteiger partial charge in [-0.1, -0.05) is 42.5 Å². The number of carbonyl (C=O) groups excluding carboxylic acids is 3. The average molecular weight is 466 g/mol. The molecule has 0 unspecified atom stereocenters. The third-order valence-electron chi connectivity index (χ3n) is 4.17. The van der Waals surface area contributed by atoms with Gasteiger partial charge in [-0.05, 0) is 31.0 Å². The van der Waals surface area contributed by atoms with E-state index in [1.807, 2.05) is 4.72 Å². The van der Waals surface area contributed by atoms with Crippen LogP contribution in [-0.4, -0.2) is 45.5 Å². The number of hydrogen-bond acceptors (Lipinski definition) is 6. The van der Waals surface area contributed by atoms with Crippen LogP contribution in [0.3, 0.4) is 0 Å². The molecule has 1 aliphatic carbocycles. The fourth-order valence-electron chi connectivity index (χ4n) is 2.71. The highest BCUT2D eigenvalue weighted by atomic mass is 35.5. The maximum absolute atomic E-state index is 12.1. The summed E-state index contributed by atoms with van der Waals surface area (Å²) in [5.74, 6) is -1.81. The molecule has 1 fully saturated rings. The normalized spacial score (nSPS) is 14.8. The van der Waals surface area contributed by atoms with Crippen molar-refractivity contribution < 1.29 is 27.5 Å². The van der Waals surface area contributed by atoms with Gasteiger partial charge in [-0.25, -0.2) is 13.2 Å². The number of halogens is 2. The van der Waals surface area contributed by atoms with E-state index in [0.29, 0.717) is 0 Å². The van der Waals surface area contributed by atoms with E-state index in [1.54, 1.807) is 0 Å². The highest BCUT2D eigenvalue weighted by Crippen LogP contribution is 2.24. The van der Waals surface area contributed by atoms with Crippen LogP contribution in [0, 0.1) is 0 Å². The van der Waals surface area contributed by atoms with Gasteiger partial charge in [0.2, 0.25) is 10.0 Å². The molecule has 1 aliphatic rings. The van der Waals surface area contributed by atoms with E-state index in [2.05, 4.69) is 15.4 Å². The zero-order valence-corrected chi connectivity index (χ0v) is 17.7. The number of esters is 1. The molecule has 2 rings (SSSR count). The molecule has 0 aliphatic heterocycles. The second kappa shape index (κ2) is 10.8. The predicted molar refractivity (Wildman–Crippen MR) is 106 cm³/mol. The van der Waals surface area contributed by atoms with E-state index in [-0.39, 0.29) is 21.0 Å². The highest BCUT2D eigenvalue weighted by molar-refractivity contribution is 7.89. The minimum absolute atomic E-state index is 0.0230. The summed E-state index contributed by atoms with van der Waals surface area (Å²) in [5, 5.41) is 4.97. The van der Waals surface area contributed by atoms with Crippen LogP contribution in [0.15, 0.2) is 23.1 Å². The zero-order valence-electron chi connectivity index (χ0n) is 15.4. The Labute approximate surface area is 178 Å². The lowest BCUT2D eigenvalue weighted by Gasteiger charge is -2.22. The molecule has 160 valence electrons. The molecule has 3 amide bonds. The Morgan fingerprint density at radius 3 is 2.41 bits per heavy atom. The van der Waals surface area contributed by atoms with E-state index in [1.165, 1.54) is 12.1 Å². The quantitative estimate of drug-likeness (QED) is 0.527. The number of hydrogen-bond donors (Lipinski definition) is 3. The average Bonchev–Trinajstić information content (AvgIpc) is 2.67. The molecule has 0 atom stereocenters. The number of rotatable bonds is 7. The van der Waals surface area contributed by atoms with Gasteiger partial charge < -0.3 is 10.1 Å². The fourth-order valence-corrected chi connectivity index (χ4v) is 4.07. The van der Waals surface area contributed by atoms with Crippen LogP contribution < -0.4 is 15.4 Å². The first-order chi connectivity index (χ1) is 13.7. The Morgan fingerprint density at radius 1 is 1.07 bits per heavy atom. The van der Waals surface area contributed by atoms with Gasteiger partial charge in [0.05, 0.1) is 14.9 Å². The van der Waals surface area contributed by atoms with Crippen molar-refractivity contribution >= 4 is 51.1 Å². The minimum Gasteiger partial charge on any atom is -0.455 e. The molecule has 1 saturated carbocycles. The van der Waals surface area contributed by atoms with Crippen molar-refractivity contribution in [2.24, 2.45) is 0 Å². The first-order valence-electron chi connectivity index (χ1n) is 8.88. The van der Waals surface area contributed by atoms with Gasteiger partial charge in [-0.15, -0.1) is 0 Å². The molecule has 0 spiro atoms. The molecule has 0 heterocycles. The molecule has 0 saturated heterocycles. The number of imide groups is 1. The van der Waals surface area contributed by atoms with Crippen LogP contribution in [0.25, 0.3) is 0 Å². The van der Waals surface area contributed by atoms with Crippen molar-refractivity contribution in [2.45, 2.75) is 43.0 Å². The second-order valence-corrected chi connectivity index (χ2v) is 9.00. The summed E-state index contributed by atoms with van der Waals surface area (Å²) in [7, 11) is -4.03. The minimum atomic E-state index is -4.03. The summed E-state index contributed by atoms with van der Waals surface area (Å²) >= 11 is 11.5. The molecular formula is C17H21Cl2N3O6S. The van der Waals surface area contributed by atoms with Gasteiger partial charge in [0.25, 0.3) is 5.91 Å². The number of nitrogens with one attached hydrogen (secondary N) is 3. The Hall–Kier alpha value is -1.88. The monoisotopic (exact) mass is 465 g/mol. The van der Waals surface area contributed by atoms with Crippen LogP contribution in [0.5, 0.6) is 0 Å². The lowest BCUT2D eigenvalue weighted by atomic mass is 9.96. The lowest BCUT2D eigenvalue weighted by Crippen LogP contribution is -2.46. The van der Waals surface area contributed by atoms with Crippen molar-refractivity contribution in [3.8, 4) is 0 Å². The van der Waals surface area contributed by atoms with Gasteiger partial charge >= 0.3 is 12.0 Å². The molecule has 9 nitrogen and oxygen atoms in total. The summed E-state index contributed by atoms with van der Waals surface area (Å²) in [5.41, 5.74) is 0. The molecule has 0 bridgehead atoms. The van der Waals surface area contributed by atoms with Crippen LogP contribution in [0.4, 0.5) is 4.79 Å². The number of urea groups is 1. The fraction of sp³-hybridized carbons (Fsp3) is 0.471. The zero-order chi connectivity index (χ0) is 21.4. The van der Waals surface area contributed by atoms with Crippen molar-refractivity contribution in [3.63, 3.8) is 0 Å². The van der Waals surface area contributed by atoms with Crippen molar-refractivity contribution in [3.05, 3.63) is 28.2 Å². The Balaban J connectivity index is 1.72. The standard InChI is InChI=1S/C17H21Cl2N3O6S/c18-13-7-6-12(8-14(13)19)29(26,27)20-9-16(24)28-10-15(23)22-17(25)21-11-4-2-1-3-5-11/h6-8,11,20H,1-5,9-10H2,(H2,21,22,23,25). The summed E-state index contributed by atoms with van der Waals surface area (Å²) in [6.45, 7) is -1.42. The molecule has 0 radical (unpaired) electrons. The highest BCUT2D eigenvalue weighted by Gasteiger charge is 2.19. The SMILES string of the molecule is O=C(COC(=O)CNS(=O)(=O)c1ccc(Cl)c(Cl)c1)NC(=O)NC1CCCCC1. The summed E-state index contributed by atoms with van der Waals surface area (Å²) in [6, 6.07) is 3.03. The van der Waals surface area contributed by atoms with E-state index in [4.69, 9.17) is 23.2 Å². The molecule has 0 aromatic heterocycles. The first kappa shape index (κ1) is 23.4. The van der Waals surface area contributed by atoms with E-state index < -0.39 is 41.1 Å². The Bertz CT molecular complexity index is 872. The lowest BCUT2D eigenvalue weighted by molar-refractivity contribution is -0.147. The first-order valence-corrected chi connectivity index (χ1v) is 11.1. The van der Waals surface area contributed by atoms with Gasteiger partial charge in [-0.2, -0.15) is 4.72 Å². The van der Waals surface area contributed by atoms with Crippen molar-refractivity contribution in [2.75, 3.05) is 13.2 Å². The molecule has 12 heteroatoms. The van der Waals surface area contributed by atoms with Crippen LogP contribution >= 0.6 is 23.2 Å². The number of carbonyl (C=O) groups is 3. The maximum atomic E-state index is 12.1. The number of amides is 3. The summed E-state index contributed by atoms with van der Waals surface area (Å²) < 4.78 is 30.9. The Kier molecular flexibility index (Phi) is 8.69. The third kappa shape index (κ3) is 7.81. The topological polar surface area (TPSA) is 131 Å². The van der Waals surface area contributed by atoms with Gasteiger partial charge in [0.1, 0.15) is 6.54 Å². The van der Waals surface area contributed by atoms with Crippen LogP contribution in [0.1, 0.15) is 32.1 Å². The number of ether oxygens (including phenoxy) is 1. The van der Waals surface area contributed by atoms with Gasteiger partial charge in [-0.3, -0.25) is 14.9 Å². The largest absolute Gasteiger partial charge is 0.455 e. The van der Waals surface area contributed by atoms with Crippen molar-refractivity contribution in [1.82, 2.24) is 15.4 Å². The third-order valence-corrected chi connectivity index (χ3v) is 6.30. The smallest absolute Gasteiger partial charge is 0.321 e.